The number of nitrogens with two attached hydrogens (primary N) is 1. The molecule has 3 rings (SSSR count). The second kappa shape index (κ2) is 7.15. The number of rotatable bonds is 4. The lowest BCUT2D eigenvalue weighted by atomic mass is 9.72. The van der Waals surface area contributed by atoms with Crippen molar-refractivity contribution < 1.29 is 14.6 Å². The topological polar surface area (TPSA) is 128 Å². The Morgan fingerprint density at radius 3 is 2.53 bits per heavy atom. The number of anilines is 1. The maximum absolute atomic E-state index is 12.3. The zero-order valence-electron chi connectivity index (χ0n) is 19.2. The van der Waals surface area contributed by atoms with Gasteiger partial charge in [-0.15, -0.1) is 0 Å². The highest BCUT2D eigenvalue weighted by atomic mass is 28.3. The Bertz CT molecular complexity index is 990. The van der Waals surface area contributed by atoms with E-state index in [-0.39, 0.29) is 23.7 Å². The first-order chi connectivity index (χ1) is 13.6. The molecular weight excluding hydrogens is 402 g/mol. The molecule has 2 aromatic heterocycles. The highest BCUT2D eigenvalue weighted by Gasteiger charge is 2.62. The number of aromatic nitrogens is 4. The molecule has 0 bridgehead atoms. The van der Waals surface area contributed by atoms with Gasteiger partial charge in [0, 0.05) is 6.42 Å². The Kier molecular flexibility index (Phi) is 5.46. The van der Waals surface area contributed by atoms with E-state index < -0.39 is 36.8 Å². The first kappa shape index (κ1) is 22.9. The normalized spacial score (nSPS) is 28.0. The first-order valence-corrected chi connectivity index (χ1v) is 13.3. The molecule has 10 heteroatoms. The summed E-state index contributed by atoms with van der Waals surface area (Å²) in [6.07, 6.45) is 1.38. The maximum atomic E-state index is 12.3. The third-order valence-corrected chi connectivity index (χ3v) is 8.53. The van der Waals surface area contributed by atoms with Gasteiger partial charge in [-0.2, -0.15) is 4.98 Å². The van der Waals surface area contributed by atoms with Gasteiger partial charge in [0.15, 0.2) is 11.2 Å². The minimum absolute atomic E-state index is 0.0199. The fourth-order valence-corrected chi connectivity index (χ4v) is 6.00. The molecule has 0 saturated carbocycles. The van der Waals surface area contributed by atoms with Crippen LogP contribution >= 0.6 is 0 Å². The summed E-state index contributed by atoms with van der Waals surface area (Å²) in [7, 11) is -1.66. The van der Waals surface area contributed by atoms with Crippen LogP contribution in [0.15, 0.2) is 11.1 Å². The van der Waals surface area contributed by atoms with Gasteiger partial charge in [-0.05, 0) is 26.2 Å². The SMILES string of the molecule is C[SiH](C)[C@]1(n2cnc3c(=O)[nH]c(N)nc32)C[C@@](O)(C(C)(C)C)[C@@H](COC(C)(C)C)O1. The Morgan fingerprint density at radius 1 is 1.37 bits per heavy atom. The van der Waals surface area contributed by atoms with Gasteiger partial charge < -0.3 is 20.3 Å². The van der Waals surface area contributed by atoms with Crippen molar-refractivity contribution in [2.24, 2.45) is 5.41 Å². The molecule has 4 N–H and O–H groups in total. The van der Waals surface area contributed by atoms with Crippen molar-refractivity contribution in [3.63, 3.8) is 0 Å². The monoisotopic (exact) mass is 437 g/mol. The van der Waals surface area contributed by atoms with E-state index in [0.29, 0.717) is 12.1 Å². The van der Waals surface area contributed by atoms with E-state index in [9.17, 15) is 9.90 Å². The number of ether oxygens (including phenoxy) is 2. The third kappa shape index (κ3) is 3.70. The summed E-state index contributed by atoms with van der Waals surface area (Å²) >= 11 is 0. The number of H-pyrrole nitrogens is 1. The summed E-state index contributed by atoms with van der Waals surface area (Å²) in [5.74, 6) is 0.0199. The molecular formula is C20H35N5O4Si. The molecule has 0 radical (unpaired) electrons. The standard InChI is InChI=1S/C20H35N5O4Si/c1-17(2,3)19(27)10-20(30(7)8,29-12(19)9-28-18(4,5)6)25-11-22-13-14(25)23-16(21)24-15(13)26/h11-12,27,30H,9-10H2,1-8H3,(H3,21,23,24,26)/t12-,19+,20+/m1/s1. The molecule has 0 unspecified atom stereocenters. The number of imidazole rings is 1. The van der Waals surface area contributed by atoms with E-state index in [0.717, 1.165) is 0 Å². The van der Waals surface area contributed by atoms with Gasteiger partial charge in [-0.1, -0.05) is 33.9 Å². The van der Waals surface area contributed by atoms with Crippen LogP contribution in [0.25, 0.3) is 11.2 Å². The molecule has 1 saturated heterocycles. The largest absolute Gasteiger partial charge is 0.386 e. The summed E-state index contributed by atoms with van der Waals surface area (Å²) in [6.45, 7) is 16.5. The molecule has 0 spiro atoms. The van der Waals surface area contributed by atoms with Gasteiger partial charge in [0.05, 0.1) is 27.3 Å². The van der Waals surface area contributed by atoms with Crippen LogP contribution < -0.4 is 11.3 Å². The average Bonchev–Trinajstić information content (AvgIpc) is 3.12. The summed E-state index contributed by atoms with van der Waals surface area (Å²) in [4.78, 5) is 23.4. The Balaban J connectivity index is 2.17. The number of aliphatic hydroxyl groups is 1. The van der Waals surface area contributed by atoms with Gasteiger partial charge in [-0.25, -0.2) is 4.98 Å². The summed E-state index contributed by atoms with van der Waals surface area (Å²) < 4.78 is 14.5. The quantitative estimate of drug-likeness (QED) is 0.622. The predicted molar refractivity (Wildman–Crippen MR) is 119 cm³/mol. The van der Waals surface area contributed by atoms with Crippen molar-refractivity contribution in [3.8, 4) is 0 Å². The molecule has 9 nitrogen and oxygen atoms in total. The first-order valence-electron chi connectivity index (χ1n) is 10.4. The van der Waals surface area contributed by atoms with Crippen LogP contribution in [0, 0.1) is 5.41 Å². The summed E-state index contributed by atoms with van der Waals surface area (Å²) in [6, 6.07) is 0. The van der Waals surface area contributed by atoms with Crippen LogP contribution in [0.1, 0.15) is 48.0 Å². The van der Waals surface area contributed by atoms with Gasteiger partial charge in [-0.3, -0.25) is 14.3 Å². The van der Waals surface area contributed by atoms with Gasteiger partial charge >= 0.3 is 0 Å². The van der Waals surface area contributed by atoms with E-state index in [1.807, 2.05) is 41.5 Å². The average molecular weight is 438 g/mol. The molecule has 0 aromatic carbocycles. The van der Waals surface area contributed by atoms with Crippen molar-refractivity contribution in [2.75, 3.05) is 12.3 Å². The van der Waals surface area contributed by atoms with E-state index >= 15 is 0 Å². The number of nitrogens with zero attached hydrogens (tertiary/aromatic N) is 3. The molecule has 168 valence electrons. The summed E-state index contributed by atoms with van der Waals surface area (Å²) in [5.41, 5.74) is 4.00. The number of aromatic amines is 1. The second-order valence-corrected chi connectivity index (χ2v) is 13.8. The lowest BCUT2D eigenvalue weighted by Crippen LogP contribution is -2.52. The molecule has 2 aromatic rings. The Hall–Kier alpha value is -1.75. The Labute approximate surface area is 178 Å². The number of fused-ring (bicyclic) bond motifs is 1. The second-order valence-electron chi connectivity index (χ2n) is 10.6. The lowest BCUT2D eigenvalue weighted by molar-refractivity contribution is -0.159. The zero-order valence-corrected chi connectivity index (χ0v) is 20.4. The van der Waals surface area contributed by atoms with Crippen LogP contribution in [0.4, 0.5) is 5.95 Å². The molecule has 30 heavy (non-hydrogen) atoms. The number of hydrogen-bond acceptors (Lipinski definition) is 7. The number of hydrogen-bond donors (Lipinski definition) is 3. The third-order valence-electron chi connectivity index (χ3n) is 6.10. The lowest BCUT2D eigenvalue weighted by Gasteiger charge is -2.41. The molecule has 0 aliphatic carbocycles. The van der Waals surface area contributed by atoms with E-state index in [1.54, 1.807) is 10.9 Å². The van der Waals surface area contributed by atoms with Gasteiger partial charge in [0.2, 0.25) is 5.95 Å². The predicted octanol–water partition coefficient (Wildman–Crippen LogP) is 1.76. The fourth-order valence-electron chi connectivity index (χ4n) is 4.10. The van der Waals surface area contributed by atoms with Gasteiger partial charge in [0.1, 0.15) is 17.1 Å². The zero-order chi connectivity index (χ0) is 22.7. The van der Waals surface area contributed by atoms with E-state index in [2.05, 4.69) is 28.0 Å². The molecule has 3 atom stereocenters. The van der Waals surface area contributed by atoms with Crippen molar-refractivity contribution in [2.45, 2.75) is 83.7 Å². The van der Waals surface area contributed by atoms with Crippen LogP contribution in [0.3, 0.4) is 0 Å². The minimum Gasteiger partial charge on any atom is -0.386 e. The smallest absolute Gasteiger partial charge is 0.280 e. The van der Waals surface area contributed by atoms with Crippen LogP contribution in [0.2, 0.25) is 13.1 Å². The molecule has 0 amide bonds. The highest BCUT2D eigenvalue weighted by molar-refractivity contribution is 6.58. The maximum Gasteiger partial charge on any atom is 0.280 e. The minimum atomic E-state index is -1.66. The fraction of sp³-hybridized carbons (Fsp3) is 0.750. The number of nitrogens with one attached hydrogen (secondary N) is 1. The van der Waals surface area contributed by atoms with Crippen LogP contribution in [0.5, 0.6) is 0 Å². The molecule has 1 aliphatic heterocycles. The molecule has 1 aliphatic rings. The van der Waals surface area contributed by atoms with Crippen LogP contribution in [-0.4, -0.2) is 57.3 Å². The Morgan fingerprint density at radius 2 is 2.00 bits per heavy atom. The molecule has 3 heterocycles. The molecule has 1 fully saturated rings. The van der Waals surface area contributed by atoms with Crippen molar-refractivity contribution in [1.82, 2.24) is 19.5 Å². The van der Waals surface area contributed by atoms with Crippen molar-refractivity contribution in [1.29, 1.82) is 0 Å². The number of nitrogen functional groups attached to an aromatic ring is 1. The summed E-state index contributed by atoms with van der Waals surface area (Å²) in [5, 5.41) is 11.1. The van der Waals surface area contributed by atoms with E-state index in [1.165, 1.54) is 0 Å². The van der Waals surface area contributed by atoms with Gasteiger partial charge in [0.25, 0.3) is 5.56 Å². The van der Waals surface area contributed by atoms with Crippen molar-refractivity contribution >= 4 is 25.9 Å². The van der Waals surface area contributed by atoms with Crippen LogP contribution in [-0.2, 0) is 14.8 Å². The highest BCUT2D eigenvalue weighted by Crippen LogP contribution is 2.51. The van der Waals surface area contributed by atoms with Crippen molar-refractivity contribution in [3.05, 3.63) is 16.7 Å². The van der Waals surface area contributed by atoms with E-state index in [4.69, 9.17) is 15.2 Å².